The molecule has 4 rings (SSSR count). The van der Waals surface area contributed by atoms with E-state index in [0.29, 0.717) is 49.2 Å². The molecule has 26 heavy (non-hydrogen) atoms. The van der Waals surface area contributed by atoms with E-state index in [1.165, 1.54) is 6.07 Å². The normalized spacial score (nSPS) is 23.2. The predicted molar refractivity (Wildman–Crippen MR) is 96.4 cm³/mol. The molecule has 1 aromatic heterocycles. The lowest BCUT2D eigenvalue weighted by atomic mass is 10.1. The molecule has 0 saturated carbocycles. The largest absolute Gasteiger partial charge is 0.350 e. The maximum absolute atomic E-state index is 13.6. The fourth-order valence-electron chi connectivity index (χ4n) is 3.82. The predicted octanol–water partition coefficient (Wildman–Crippen LogP) is 1.98. The molecule has 0 radical (unpaired) electrons. The zero-order valence-corrected chi connectivity index (χ0v) is 14.9. The number of carbonyl (C=O) groups is 2. The summed E-state index contributed by atoms with van der Waals surface area (Å²) in [4.78, 5) is 31.8. The van der Waals surface area contributed by atoms with Crippen LogP contribution in [-0.4, -0.2) is 58.8 Å². The molecule has 2 aromatic rings. The van der Waals surface area contributed by atoms with Gasteiger partial charge in [0, 0.05) is 43.1 Å². The summed E-state index contributed by atoms with van der Waals surface area (Å²) in [6, 6.07) is 4.44. The number of halogens is 2. The number of aromatic nitrogens is 1. The van der Waals surface area contributed by atoms with E-state index in [1.807, 2.05) is 0 Å². The van der Waals surface area contributed by atoms with Gasteiger partial charge in [-0.3, -0.25) is 9.59 Å². The maximum Gasteiger partial charge on any atom is 0.270 e. The highest BCUT2D eigenvalue weighted by molar-refractivity contribution is 6.35. The number of nitrogens with zero attached hydrogens (tertiary/aromatic N) is 2. The lowest BCUT2D eigenvalue weighted by Crippen LogP contribution is -2.38. The Hall–Kier alpha value is -2.12. The van der Waals surface area contributed by atoms with Crippen molar-refractivity contribution in [3.63, 3.8) is 0 Å². The SMILES string of the molecule is N[C@H]1CCN(C(=O)[C@@H]2CCN(C(=O)c3cc4c(Cl)c(F)ccc4[nH]3)C2)C1. The summed E-state index contributed by atoms with van der Waals surface area (Å²) < 4.78 is 13.6. The number of carbonyl (C=O) groups excluding carboxylic acids is 2. The first-order valence-corrected chi connectivity index (χ1v) is 9.12. The van der Waals surface area contributed by atoms with Crippen molar-refractivity contribution < 1.29 is 14.0 Å². The maximum atomic E-state index is 13.6. The number of fused-ring (bicyclic) bond motifs is 1. The molecule has 8 heteroatoms. The second-order valence-corrected chi connectivity index (χ2v) is 7.45. The van der Waals surface area contributed by atoms with Crippen molar-refractivity contribution in [1.82, 2.24) is 14.8 Å². The van der Waals surface area contributed by atoms with Crippen molar-refractivity contribution >= 4 is 34.3 Å². The quantitative estimate of drug-likeness (QED) is 0.838. The van der Waals surface area contributed by atoms with Crippen LogP contribution in [0.15, 0.2) is 18.2 Å². The van der Waals surface area contributed by atoms with Crippen molar-refractivity contribution in [3.8, 4) is 0 Å². The summed E-state index contributed by atoms with van der Waals surface area (Å²) in [5.41, 5.74) is 6.83. The van der Waals surface area contributed by atoms with Crippen LogP contribution in [0.4, 0.5) is 4.39 Å². The smallest absolute Gasteiger partial charge is 0.270 e. The molecule has 3 heterocycles. The Morgan fingerprint density at radius 1 is 1.19 bits per heavy atom. The molecule has 2 saturated heterocycles. The first-order chi connectivity index (χ1) is 12.4. The minimum atomic E-state index is -0.521. The van der Waals surface area contributed by atoms with Crippen LogP contribution in [0.3, 0.4) is 0 Å². The molecule has 0 spiro atoms. The Bertz CT molecular complexity index is 883. The van der Waals surface area contributed by atoms with E-state index in [9.17, 15) is 14.0 Å². The van der Waals surface area contributed by atoms with Gasteiger partial charge in [-0.15, -0.1) is 0 Å². The molecule has 0 aliphatic carbocycles. The van der Waals surface area contributed by atoms with Gasteiger partial charge < -0.3 is 20.5 Å². The van der Waals surface area contributed by atoms with Crippen LogP contribution in [0.5, 0.6) is 0 Å². The van der Waals surface area contributed by atoms with Gasteiger partial charge in [-0.05, 0) is 31.0 Å². The van der Waals surface area contributed by atoms with Crippen LogP contribution in [0.1, 0.15) is 23.3 Å². The molecule has 138 valence electrons. The van der Waals surface area contributed by atoms with Crippen molar-refractivity contribution in [2.45, 2.75) is 18.9 Å². The molecular weight excluding hydrogens is 359 g/mol. The van der Waals surface area contributed by atoms with Crippen LogP contribution in [0.25, 0.3) is 10.9 Å². The number of aromatic amines is 1. The molecule has 0 bridgehead atoms. The zero-order chi connectivity index (χ0) is 18.4. The molecule has 2 amide bonds. The van der Waals surface area contributed by atoms with E-state index >= 15 is 0 Å². The topological polar surface area (TPSA) is 82.4 Å². The monoisotopic (exact) mass is 378 g/mol. The van der Waals surface area contributed by atoms with Crippen LogP contribution < -0.4 is 5.73 Å². The Morgan fingerprint density at radius 2 is 1.96 bits per heavy atom. The van der Waals surface area contributed by atoms with Gasteiger partial charge in [0.25, 0.3) is 5.91 Å². The molecule has 2 atom stereocenters. The number of hydrogen-bond donors (Lipinski definition) is 2. The Labute approximate surface area is 155 Å². The summed E-state index contributed by atoms with van der Waals surface area (Å²) in [5.74, 6) is -0.830. The number of nitrogens with two attached hydrogens (primary N) is 1. The highest BCUT2D eigenvalue weighted by Crippen LogP contribution is 2.28. The van der Waals surface area contributed by atoms with Gasteiger partial charge in [-0.25, -0.2) is 4.39 Å². The van der Waals surface area contributed by atoms with Crippen molar-refractivity contribution in [3.05, 3.63) is 34.7 Å². The molecular formula is C18H20ClFN4O2. The summed E-state index contributed by atoms with van der Waals surface area (Å²) in [6.45, 7) is 2.19. The fourth-order valence-corrected chi connectivity index (χ4v) is 4.04. The second-order valence-electron chi connectivity index (χ2n) is 7.08. The average Bonchev–Trinajstić information content (AvgIpc) is 3.36. The number of hydrogen-bond acceptors (Lipinski definition) is 3. The molecule has 2 fully saturated rings. The minimum absolute atomic E-state index is 0.00218. The number of amides is 2. The van der Waals surface area contributed by atoms with E-state index in [4.69, 9.17) is 17.3 Å². The first-order valence-electron chi connectivity index (χ1n) is 8.74. The molecule has 0 unspecified atom stereocenters. The van der Waals surface area contributed by atoms with Crippen LogP contribution in [0, 0.1) is 11.7 Å². The molecule has 6 nitrogen and oxygen atoms in total. The highest BCUT2D eigenvalue weighted by Gasteiger charge is 2.36. The molecule has 2 aliphatic rings. The van der Waals surface area contributed by atoms with E-state index in [2.05, 4.69) is 4.98 Å². The summed E-state index contributed by atoms with van der Waals surface area (Å²) in [5, 5.41) is 0.477. The van der Waals surface area contributed by atoms with Gasteiger partial charge >= 0.3 is 0 Å². The van der Waals surface area contributed by atoms with Gasteiger partial charge in [-0.2, -0.15) is 0 Å². The van der Waals surface area contributed by atoms with E-state index in [-0.39, 0.29) is 28.8 Å². The summed E-state index contributed by atoms with van der Waals surface area (Å²) in [7, 11) is 0. The average molecular weight is 379 g/mol. The number of benzene rings is 1. The van der Waals surface area contributed by atoms with Crippen LogP contribution in [0.2, 0.25) is 5.02 Å². The van der Waals surface area contributed by atoms with Crippen LogP contribution in [-0.2, 0) is 4.79 Å². The lowest BCUT2D eigenvalue weighted by molar-refractivity contribution is -0.134. The summed E-state index contributed by atoms with van der Waals surface area (Å²) in [6.07, 6.45) is 1.47. The lowest BCUT2D eigenvalue weighted by Gasteiger charge is -2.20. The standard InChI is InChI=1S/C18H20ClFN4O2/c19-16-12-7-15(22-14(12)2-1-13(16)20)18(26)23-5-3-10(8-23)17(25)24-6-4-11(21)9-24/h1-2,7,10-11,22H,3-6,8-9,21H2/t10-,11+/m1/s1. The van der Waals surface area contributed by atoms with Crippen LogP contribution >= 0.6 is 11.6 Å². The van der Waals surface area contributed by atoms with E-state index in [1.54, 1.807) is 21.9 Å². The van der Waals surface area contributed by atoms with Gasteiger partial charge in [-0.1, -0.05) is 11.6 Å². The van der Waals surface area contributed by atoms with Gasteiger partial charge in [0.05, 0.1) is 10.9 Å². The molecule has 1 aromatic carbocycles. The van der Waals surface area contributed by atoms with E-state index in [0.717, 1.165) is 6.42 Å². The van der Waals surface area contributed by atoms with Gasteiger partial charge in [0.15, 0.2) is 0 Å². The Kier molecular flexibility index (Phi) is 4.36. The third-order valence-corrected chi connectivity index (χ3v) is 5.67. The van der Waals surface area contributed by atoms with Crippen molar-refractivity contribution in [2.24, 2.45) is 11.7 Å². The number of nitrogens with one attached hydrogen (secondary N) is 1. The zero-order valence-electron chi connectivity index (χ0n) is 14.2. The van der Waals surface area contributed by atoms with Gasteiger partial charge in [0.2, 0.25) is 5.91 Å². The molecule has 3 N–H and O–H groups in total. The third kappa shape index (κ3) is 2.95. The Balaban J connectivity index is 1.48. The summed E-state index contributed by atoms with van der Waals surface area (Å²) >= 11 is 5.97. The van der Waals surface area contributed by atoms with E-state index < -0.39 is 5.82 Å². The van der Waals surface area contributed by atoms with Crippen molar-refractivity contribution in [1.29, 1.82) is 0 Å². The number of likely N-dealkylation sites (tertiary alicyclic amines) is 2. The molecule has 2 aliphatic heterocycles. The minimum Gasteiger partial charge on any atom is -0.350 e. The number of H-pyrrole nitrogens is 1. The number of rotatable bonds is 2. The highest BCUT2D eigenvalue weighted by atomic mass is 35.5. The Morgan fingerprint density at radius 3 is 2.69 bits per heavy atom. The third-order valence-electron chi connectivity index (χ3n) is 5.28. The fraction of sp³-hybridized carbons (Fsp3) is 0.444. The van der Waals surface area contributed by atoms with Gasteiger partial charge in [0.1, 0.15) is 11.5 Å². The second kappa shape index (κ2) is 6.55. The first kappa shape index (κ1) is 17.3. The van der Waals surface area contributed by atoms with Crippen molar-refractivity contribution in [2.75, 3.05) is 26.2 Å².